The second kappa shape index (κ2) is 6.04. The molecule has 0 bridgehead atoms. The molecule has 1 aromatic carbocycles. The van der Waals surface area contributed by atoms with E-state index < -0.39 is 16.9 Å². The van der Waals surface area contributed by atoms with Crippen molar-refractivity contribution in [3.8, 4) is 5.88 Å². The Morgan fingerprint density at radius 2 is 1.95 bits per heavy atom. The maximum atomic E-state index is 12.1. The number of rotatable bonds is 4. The van der Waals surface area contributed by atoms with Gasteiger partial charge in [0.05, 0.1) is 12.0 Å². The molecular weight excluding hydrogens is 294 g/mol. The van der Waals surface area contributed by atoms with E-state index in [0.29, 0.717) is 0 Å². The number of nitro benzene ring substituents is 1. The molecule has 0 fully saturated rings. The molecule has 0 aliphatic rings. The largest absolute Gasteiger partial charge is 0.464 e. The Morgan fingerprint density at radius 1 is 1.27 bits per heavy atom. The SMILES string of the molecule is COC(=O)c1cc(OC(=O)c2ccccc2[N+](=O)[O-])n(C)n1. The van der Waals surface area contributed by atoms with Crippen molar-refractivity contribution in [3.63, 3.8) is 0 Å². The highest BCUT2D eigenvalue weighted by molar-refractivity contribution is 5.95. The zero-order chi connectivity index (χ0) is 16.3. The van der Waals surface area contributed by atoms with E-state index in [1.54, 1.807) is 0 Å². The number of nitro groups is 1. The molecule has 9 nitrogen and oxygen atoms in total. The number of aromatic nitrogens is 2. The van der Waals surface area contributed by atoms with Gasteiger partial charge in [-0.15, -0.1) is 0 Å². The lowest BCUT2D eigenvalue weighted by Crippen LogP contribution is -2.13. The number of hydrogen-bond acceptors (Lipinski definition) is 7. The van der Waals surface area contributed by atoms with Crippen LogP contribution < -0.4 is 4.74 Å². The zero-order valence-corrected chi connectivity index (χ0v) is 11.7. The minimum atomic E-state index is -0.924. The Kier molecular flexibility index (Phi) is 4.16. The second-order valence-electron chi connectivity index (χ2n) is 4.15. The van der Waals surface area contributed by atoms with E-state index in [1.807, 2.05) is 0 Å². The van der Waals surface area contributed by atoms with Gasteiger partial charge >= 0.3 is 11.9 Å². The molecule has 0 spiro atoms. The standard InChI is InChI=1S/C13H11N3O6/c1-15-11(7-9(14-15)13(18)21-2)22-12(17)8-5-3-4-6-10(8)16(19)20/h3-7H,1-2H3. The Balaban J connectivity index is 2.28. The molecule has 0 atom stereocenters. The highest BCUT2D eigenvalue weighted by Gasteiger charge is 2.23. The molecule has 0 saturated carbocycles. The van der Waals surface area contributed by atoms with Gasteiger partial charge in [-0.3, -0.25) is 10.1 Å². The number of carbonyl (C=O) groups excluding carboxylic acids is 2. The quantitative estimate of drug-likeness (QED) is 0.475. The van der Waals surface area contributed by atoms with Gasteiger partial charge in [0, 0.05) is 19.2 Å². The van der Waals surface area contributed by atoms with Crippen LogP contribution in [-0.4, -0.2) is 33.8 Å². The predicted octanol–water partition coefficient (Wildman–Crippen LogP) is 1.33. The average Bonchev–Trinajstić information content (AvgIpc) is 2.87. The fraction of sp³-hybridized carbons (Fsp3) is 0.154. The van der Waals surface area contributed by atoms with Crippen LogP contribution in [0.25, 0.3) is 0 Å². The van der Waals surface area contributed by atoms with Crippen molar-refractivity contribution in [2.75, 3.05) is 7.11 Å². The van der Waals surface area contributed by atoms with Gasteiger partial charge in [-0.2, -0.15) is 5.10 Å². The van der Waals surface area contributed by atoms with E-state index in [-0.39, 0.29) is 22.8 Å². The molecule has 0 amide bonds. The Hall–Kier alpha value is -3.23. The molecule has 1 heterocycles. The number of aryl methyl sites for hydroxylation is 1. The van der Waals surface area contributed by atoms with Gasteiger partial charge in [0.15, 0.2) is 5.69 Å². The number of methoxy groups -OCH3 is 1. The molecule has 0 aliphatic heterocycles. The summed E-state index contributed by atoms with van der Waals surface area (Å²) in [6.07, 6.45) is 0. The summed E-state index contributed by atoms with van der Waals surface area (Å²) in [6, 6.07) is 6.59. The van der Waals surface area contributed by atoms with Crippen LogP contribution in [0.15, 0.2) is 30.3 Å². The Bertz CT molecular complexity index is 752. The summed E-state index contributed by atoms with van der Waals surface area (Å²) in [4.78, 5) is 33.6. The van der Waals surface area contributed by atoms with E-state index in [2.05, 4.69) is 9.84 Å². The third-order valence-electron chi connectivity index (χ3n) is 2.75. The molecule has 22 heavy (non-hydrogen) atoms. The van der Waals surface area contributed by atoms with E-state index in [1.165, 1.54) is 44.5 Å². The number of ether oxygens (including phenoxy) is 2. The monoisotopic (exact) mass is 305 g/mol. The smallest absolute Gasteiger partial charge is 0.358 e. The second-order valence-corrected chi connectivity index (χ2v) is 4.15. The van der Waals surface area contributed by atoms with Crippen LogP contribution in [0.2, 0.25) is 0 Å². The average molecular weight is 305 g/mol. The molecular formula is C13H11N3O6. The number of hydrogen-bond donors (Lipinski definition) is 0. The summed E-state index contributed by atoms with van der Waals surface area (Å²) in [5, 5.41) is 14.7. The van der Waals surface area contributed by atoms with Crippen molar-refractivity contribution < 1.29 is 24.0 Å². The first-order chi connectivity index (χ1) is 10.4. The molecule has 114 valence electrons. The van der Waals surface area contributed by atoms with Crippen molar-refractivity contribution in [2.45, 2.75) is 0 Å². The van der Waals surface area contributed by atoms with Gasteiger partial charge in [-0.05, 0) is 6.07 Å². The van der Waals surface area contributed by atoms with E-state index in [0.717, 1.165) is 4.68 Å². The lowest BCUT2D eigenvalue weighted by molar-refractivity contribution is -0.385. The van der Waals surface area contributed by atoms with Crippen LogP contribution in [0.5, 0.6) is 5.88 Å². The van der Waals surface area contributed by atoms with Crippen LogP contribution in [0.1, 0.15) is 20.8 Å². The van der Waals surface area contributed by atoms with Crippen molar-refractivity contribution in [2.24, 2.45) is 7.05 Å². The number of para-hydroxylation sites is 1. The summed E-state index contributed by atoms with van der Waals surface area (Å²) in [5.41, 5.74) is -0.619. The zero-order valence-electron chi connectivity index (χ0n) is 11.7. The van der Waals surface area contributed by atoms with Gasteiger partial charge in [0.1, 0.15) is 5.56 Å². The number of carbonyl (C=O) groups is 2. The first kappa shape index (κ1) is 15.2. The third-order valence-corrected chi connectivity index (χ3v) is 2.75. The normalized spacial score (nSPS) is 10.1. The van der Waals surface area contributed by atoms with Crippen LogP contribution in [-0.2, 0) is 11.8 Å². The molecule has 0 aliphatic carbocycles. The van der Waals surface area contributed by atoms with Crippen LogP contribution >= 0.6 is 0 Å². The van der Waals surface area contributed by atoms with E-state index >= 15 is 0 Å². The topological polar surface area (TPSA) is 114 Å². The van der Waals surface area contributed by atoms with Crippen molar-refractivity contribution in [1.82, 2.24) is 9.78 Å². The minimum absolute atomic E-state index is 0.0384. The summed E-state index contributed by atoms with van der Waals surface area (Å²) in [6.45, 7) is 0. The van der Waals surface area contributed by atoms with E-state index in [4.69, 9.17) is 4.74 Å². The minimum Gasteiger partial charge on any atom is -0.464 e. The lowest BCUT2D eigenvalue weighted by Gasteiger charge is -2.04. The first-order valence-corrected chi connectivity index (χ1v) is 6.02. The molecule has 0 saturated heterocycles. The summed E-state index contributed by atoms with van der Waals surface area (Å²) >= 11 is 0. The molecule has 0 unspecified atom stereocenters. The van der Waals surface area contributed by atoms with Crippen LogP contribution in [0.4, 0.5) is 5.69 Å². The molecule has 0 radical (unpaired) electrons. The maximum Gasteiger partial charge on any atom is 0.358 e. The van der Waals surface area contributed by atoms with Crippen LogP contribution in [0.3, 0.4) is 0 Å². The number of nitrogens with zero attached hydrogens (tertiary/aromatic N) is 3. The first-order valence-electron chi connectivity index (χ1n) is 6.02. The van der Waals surface area contributed by atoms with Gasteiger partial charge in [-0.25, -0.2) is 14.3 Å². The molecule has 9 heteroatoms. The summed E-state index contributed by atoms with van der Waals surface area (Å²) < 4.78 is 10.7. The predicted molar refractivity (Wildman–Crippen MR) is 72.6 cm³/mol. The van der Waals surface area contributed by atoms with Crippen molar-refractivity contribution in [3.05, 3.63) is 51.7 Å². The lowest BCUT2D eigenvalue weighted by atomic mass is 10.2. The molecule has 0 N–H and O–H groups in total. The third kappa shape index (κ3) is 2.92. The van der Waals surface area contributed by atoms with Crippen molar-refractivity contribution >= 4 is 17.6 Å². The van der Waals surface area contributed by atoms with Gasteiger partial charge in [-0.1, -0.05) is 12.1 Å². The number of esters is 2. The molecule has 1 aromatic heterocycles. The molecule has 2 aromatic rings. The van der Waals surface area contributed by atoms with Gasteiger partial charge in [0.2, 0.25) is 5.88 Å². The molecule has 2 rings (SSSR count). The summed E-state index contributed by atoms with van der Waals surface area (Å²) in [7, 11) is 2.64. The fourth-order valence-corrected chi connectivity index (χ4v) is 1.71. The highest BCUT2D eigenvalue weighted by atomic mass is 16.6. The Labute approximate surface area is 124 Å². The maximum absolute atomic E-state index is 12.1. The Morgan fingerprint density at radius 3 is 2.59 bits per heavy atom. The van der Waals surface area contributed by atoms with Crippen molar-refractivity contribution in [1.29, 1.82) is 0 Å². The van der Waals surface area contributed by atoms with Gasteiger partial charge < -0.3 is 9.47 Å². The van der Waals surface area contributed by atoms with E-state index in [9.17, 15) is 19.7 Å². The van der Waals surface area contributed by atoms with Gasteiger partial charge in [0.25, 0.3) is 5.69 Å². The highest BCUT2D eigenvalue weighted by Crippen LogP contribution is 2.21. The number of benzene rings is 1. The summed E-state index contributed by atoms with van der Waals surface area (Å²) in [5.74, 6) is -1.65. The fourth-order valence-electron chi connectivity index (χ4n) is 1.71. The van der Waals surface area contributed by atoms with Crippen LogP contribution in [0, 0.1) is 10.1 Å².